The van der Waals surface area contributed by atoms with Crippen molar-refractivity contribution in [1.82, 2.24) is 0 Å². The maximum atomic E-state index is 12.2. The molecule has 0 N–H and O–H groups in total. The Balaban J connectivity index is 2.36. The lowest BCUT2D eigenvalue weighted by Gasteiger charge is -2.10. The summed E-state index contributed by atoms with van der Waals surface area (Å²) in [7, 11) is 3.53. The van der Waals surface area contributed by atoms with Crippen molar-refractivity contribution in [3.8, 4) is 5.75 Å². The number of fused-ring (bicyclic) bond motifs is 2. The summed E-state index contributed by atoms with van der Waals surface area (Å²) < 4.78 is 10.9. The highest BCUT2D eigenvalue weighted by atomic mass is 16.5. The van der Waals surface area contributed by atoms with Crippen LogP contribution in [0.5, 0.6) is 5.75 Å². The molecule has 0 saturated carbocycles. The van der Waals surface area contributed by atoms with E-state index in [1.807, 2.05) is 11.9 Å². The Labute approximate surface area is 98.4 Å². The molecule has 1 aliphatic heterocycles. The Hall–Kier alpha value is -1.97. The van der Waals surface area contributed by atoms with Gasteiger partial charge in [-0.15, -0.1) is 0 Å². The maximum absolute atomic E-state index is 12.2. The van der Waals surface area contributed by atoms with Crippen LogP contribution in [0.3, 0.4) is 0 Å². The fourth-order valence-corrected chi connectivity index (χ4v) is 2.24. The van der Waals surface area contributed by atoms with Crippen molar-refractivity contribution in [3.05, 3.63) is 34.0 Å². The van der Waals surface area contributed by atoms with E-state index in [-0.39, 0.29) is 5.43 Å². The first kappa shape index (κ1) is 10.2. The van der Waals surface area contributed by atoms with Gasteiger partial charge in [0, 0.05) is 19.7 Å². The fourth-order valence-electron chi connectivity index (χ4n) is 2.24. The summed E-state index contributed by atoms with van der Waals surface area (Å²) in [5.41, 5.74) is 1.44. The van der Waals surface area contributed by atoms with Crippen LogP contribution in [0.4, 0.5) is 5.88 Å². The number of rotatable bonds is 1. The van der Waals surface area contributed by atoms with Gasteiger partial charge >= 0.3 is 0 Å². The lowest BCUT2D eigenvalue weighted by atomic mass is 10.1. The number of likely N-dealkylation sites (N-methyl/N-ethyl adjacent to an activating group) is 1. The van der Waals surface area contributed by atoms with Gasteiger partial charge in [-0.3, -0.25) is 4.79 Å². The maximum Gasteiger partial charge on any atom is 0.203 e. The molecule has 17 heavy (non-hydrogen) atoms. The molecule has 0 unspecified atom stereocenters. The van der Waals surface area contributed by atoms with Crippen molar-refractivity contribution in [1.29, 1.82) is 0 Å². The van der Waals surface area contributed by atoms with Crippen molar-refractivity contribution in [2.75, 3.05) is 25.6 Å². The highest BCUT2D eigenvalue weighted by Gasteiger charge is 2.23. The van der Waals surface area contributed by atoms with Gasteiger partial charge < -0.3 is 14.1 Å². The number of benzene rings is 1. The second-order valence-electron chi connectivity index (χ2n) is 4.25. The van der Waals surface area contributed by atoms with Crippen LogP contribution < -0.4 is 15.1 Å². The largest absolute Gasteiger partial charge is 0.497 e. The molecule has 2 heterocycles. The van der Waals surface area contributed by atoms with E-state index in [0.29, 0.717) is 22.6 Å². The smallest absolute Gasteiger partial charge is 0.203 e. The van der Waals surface area contributed by atoms with Crippen molar-refractivity contribution in [3.63, 3.8) is 0 Å². The number of hydrogen-bond donors (Lipinski definition) is 0. The van der Waals surface area contributed by atoms with E-state index in [1.54, 1.807) is 25.3 Å². The molecule has 1 aromatic carbocycles. The lowest BCUT2D eigenvalue weighted by Crippen LogP contribution is -2.12. The first-order valence-corrected chi connectivity index (χ1v) is 5.55. The fraction of sp³-hybridized carbons (Fsp3) is 0.308. The third-order valence-corrected chi connectivity index (χ3v) is 3.22. The standard InChI is InChI=1S/C13H13NO3/c1-14-6-5-10-12(15)9-4-3-8(16-2)7-11(9)17-13(10)14/h3-4,7H,5-6H2,1-2H3. The molecule has 0 atom stereocenters. The number of hydrogen-bond acceptors (Lipinski definition) is 4. The summed E-state index contributed by atoms with van der Waals surface area (Å²) in [6, 6.07) is 5.30. The average Bonchev–Trinajstić information content (AvgIpc) is 2.71. The zero-order valence-electron chi connectivity index (χ0n) is 9.82. The minimum absolute atomic E-state index is 0.0771. The van der Waals surface area contributed by atoms with Crippen LogP contribution in [0.1, 0.15) is 5.56 Å². The minimum atomic E-state index is 0.0771. The topological polar surface area (TPSA) is 42.7 Å². The number of anilines is 1. The predicted octanol–water partition coefficient (Wildman–Crippen LogP) is 1.79. The average molecular weight is 231 g/mol. The monoisotopic (exact) mass is 231 g/mol. The molecule has 0 radical (unpaired) electrons. The Morgan fingerprint density at radius 1 is 1.41 bits per heavy atom. The first-order chi connectivity index (χ1) is 8.20. The minimum Gasteiger partial charge on any atom is -0.497 e. The molecule has 0 aliphatic carbocycles. The molecule has 2 aromatic rings. The SMILES string of the molecule is COc1ccc2c(=O)c3c(oc2c1)N(C)CC3. The van der Waals surface area contributed by atoms with Gasteiger partial charge in [-0.05, 0) is 18.6 Å². The van der Waals surface area contributed by atoms with E-state index in [9.17, 15) is 4.79 Å². The second kappa shape index (κ2) is 3.52. The molecule has 1 aliphatic rings. The Morgan fingerprint density at radius 2 is 2.24 bits per heavy atom. The molecular weight excluding hydrogens is 218 g/mol. The summed E-state index contributed by atoms with van der Waals surface area (Å²) in [6.07, 6.45) is 0.760. The second-order valence-corrected chi connectivity index (χ2v) is 4.25. The van der Waals surface area contributed by atoms with Crippen molar-refractivity contribution in [2.45, 2.75) is 6.42 Å². The number of methoxy groups -OCH3 is 1. The summed E-state index contributed by atoms with van der Waals surface area (Å²) in [5, 5.41) is 0.625. The van der Waals surface area contributed by atoms with E-state index in [2.05, 4.69) is 0 Å². The predicted molar refractivity (Wildman–Crippen MR) is 66.0 cm³/mol. The molecule has 0 amide bonds. The molecule has 88 valence electrons. The molecule has 4 heteroatoms. The van der Waals surface area contributed by atoms with Crippen LogP contribution >= 0.6 is 0 Å². The summed E-state index contributed by atoms with van der Waals surface area (Å²) in [4.78, 5) is 14.2. The van der Waals surface area contributed by atoms with Gasteiger partial charge in [0.2, 0.25) is 5.88 Å². The summed E-state index contributed by atoms with van der Waals surface area (Å²) in [5.74, 6) is 1.39. The Kier molecular flexibility index (Phi) is 2.11. The van der Waals surface area contributed by atoms with Gasteiger partial charge in [-0.2, -0.15) is 0 Å². The van der Waals surface area contributed by atoms with Gasteiger partial charge in [0.25, 0.3) is 0 Å². The highest BCUT2D eigenvalue weighted by Crippen LogP contribution is 2.29. The normalized spacial score (nSPS) is 14.1. The van der Waals surface area contributed by atoms with E-state index < -0.39 is 0 Å². The highest BCUT2D eigenvalue weighted by molar-refractivity contribution is 5.81. The zero-order chi connectivity index (χ0) is 12.0. The first-order valence-electron chi connectivity index (χ1n) is 5.55. The van der Waals surface area contributed by atoms with E-state index >= 15 is 0 Å². The molecule has 4 nitrogen and oxygen atoms in total. The van der Waals surface area contributed by atoms with Gasteiger partial charge in [0.15, 0.2) is 5.43 Å². The van der Waals surface area contributed by atoms with Crippen LogP contribution in [0.15, 0.2) is 27.4 Å². The molecule has 1 aromatic heterocycles. The molecule has 0 bridgehead atoms. The quantitative estimate of drug-likeness (QED) is 0.750. The van der Waals surface area contributed by atoms with Crippen molar-refractivity contribution in [2.24, 2.45) is 0 Å². The van der Waals surface area contributed by atoms with Crippen LogP contribution in [0.2, 0.25) is 0 Å². The van der Waals surface area contributed by atoms with E-state index in [1.165, 1.54) is 0 Å². The van der Waals surface area contributed by atoms with Crippen molar-refractivity contribution >= 4 is 16.9 Å². The third-order valence-electron chi connectivity index (χ3n) is 3.22. The molecule has 0 saturated heterocycles. The zero-order valence-corrected chi connectivity index (χ0v) is 9.82. The van der Waals surface area contributed by atoms with Gasteiger partial charge in [0.1, 0.15) is 11.3 Å². The number of ether oxygens (including phenoxy) is 1. The van der Waals surface area contributed by atoms with Crippen LogP contribution in [-0.2, 0) is 6.42 Å². The summed E-state index contributed by atoms with van der Waals surface area (Å²) >= 11 is 0. The number of nitrogens with zero attached hydrogens (tertiary/aromatic N) is 1. The van der Waals surface area contributed by atoms with E-state index in [4.69, 9.17) is 9.15 Å². The summed E-state index contributed by atoms with van der Waals surface area (Å²) in [6.45, 7) is 0.835. The third kappa shape index (κ3) is 1.40. The van der Waals surface area contributed by atoms with Crippen LogP contribution in [0.25, 0.3) is 11.0 Å². The molecular formula is C13H13NO3. The van der Waals surface area contributed by atoms with E-state index in [0.717, 1.165) is 18.5 Å². The van der Waals surface area contributed by atoms with Gasteiger partial charge in [-0.1, -0.05) is 0 Å². The molecule has 0 fully saturated rings. The van der Waals surface area contributed by atoms with Gasteiger partial charge in [0.05, 0.1) is 18.1 Å². The molecule has 0 spiro atoms. The van der Waals surface area contributed by atoms with Gasteiger partial charge in [-0.25, -0.2) is 0 Å². The Bertz CT molecular complexity index is 645. The molecule has 3 rings (SSSR count). The van der Waals surface area contributed by atoms with Crippen molar-refractivity contribution < 1.29 is 9.15 Å². The Morgan fingerprint density at radius 3 is 3.00 bits per heavy atom. The lowest BCUT2D eigenvalue weighted by molar-refractivity contribution is 0.414. The van der Waals surface area contributed by atoms with Crippen LogP contribution in [-0.4, -0.2) is 20.7 Å². The van der Waals surface area contributed by atoms with Crippen LogP contribution in [0, 0.1) is 0 Å².